The van der Waals surface area contributed by atoms with E-state index >= 15 is 0 Å². The van der Waals surface area contributed by atoms with E-state index in [4.69, 9.17) is 0 Å². The summed E-state index contributed by atoms with van der Waals surface area (Å²) in [6, 6.07) is 0.665. The molecule has 2 amide bonds. The summed E-state index contributed by atoms with van der Waals surface area (Å²) in [5.41, 5.74) is 0. The average Bonchev–Trinajstić information content (AvgIpc) is 2.77. The molecule has 3 saturated heterocycles. The predicted molar refractivity (Wildman–Crippen MR) is 105 cm³/mol. The van der Waals surface area contributed by atoms with Gasteiger partial charge in [0.2, 0.25) is 11.8 Å². The zero-order valence-electron chi connectivity index (χ0n) is 17.0. The molecule has 0 aliphatic carbocycles. The van der Waals surface area contributed by atoms with Crippen LogP contribution in [0.15, 0.2) is 0 Å². The summed E-state index contributed by atoms with van der Waals surface area (Å²) in [5.74, 6) is -0.101. The van der Waals surface area contributed by atoms with Gasteiger partial charge in [0.05, 0.1) is 13.5 Å². The number of carbonyl (C=O) groups is 3. The minimum absolute atomic E-state index is 0.0214. The molecule has 0 bridgehead atoms. The first kappa shape index (κ1) is 21.0. The molecule has 8 heteroatoms. The number of ether oxygens (including phenoxy) is 1. The topological polar surface area (TPSA) is 82.2 Å². The van der Waals surface area contributed by atoms with Gasteiger partial charge in [0.25, 0.3) is 0 Å². The standard InChI is InChI=1S/C20H34N4O4/c1-28-19(26)3-2-18(25)23-10-6-16(7-11-23)20(27)24-14-12-22(13-15-24)17-4-8-21-9-5-17/h16-17,21H,2-15H2,1H3. The number of hydrogen-bond acceptors (Lipinski definition) is 6. The largest absolute Gasteiger partial charge is 0.469 e. The molecule has 3 aliphatic rings. The minimum atomic E-state index is -0.359. The van der Waals surface area contributed by atoms with Crippen LogP contribution in [-0.2, 0) is 19.1 Å². The molecule has 0 aromatic carbocycles. The summed E-state index contributed by atoms with van der Waals surface area (Å²) < 4.78 is 4.58. The van der Waals surface area contributed by atoms with Crippen LogP contribution in [0.25, 0.3) is 0 Å². The highest BCUT2D eigenvalue weighted by atomic mass is 16.5. The molecule has 3 rings (SSSR count). The molecule has 0 aromatic heterocycles. The number of methoxy groups -OCH3 is 1. The van der Waals surface area contributed by atoms with Crippen LogP contribution in [0.4, 0.5) is 0 Å². The number of hydrogen-bond donors (Lipinski definition) is 1. The maximum Gasteiger partial charge on any atom is 0.306 e. The normalized spacial score (nSPS) is 22.9. The zero-order chi connectivity index (χ0) is 19.9. The number of piperazine rings is 1. The quantitative estimate of drug-likeness (QED) is 0.665. The molecular formula is C20H34N4O4. The summed E-state index contributed by atoms with van der Waals surface area (Å²) >= 11 is 0. The Hall–Kier alpha value is -1.67. The van der Waals surface area contributed by atoms with Crippen LogP contribution in [0.3, 0.4) is 0 Å². The molecule has 0 unspecified atom stereocenters. The van der Waals surface area contributed by atoms with Crippen LogP contribution in [0, 0.1) is 5.92 Å². The smallest absolute Gasteiger partial charge is 0.306 e. The second kappa shape index (κ2) is 10.2. The van der Waals surface area contributed by atoms with Gasteiger partial charge in [-0.1, -0.05) is 0 Å². The molecule has 0 radical (unpaired) electrons. The number of esters is 1. The highest BCUT2D eigenvalue weighted by Crippen LogP contribution is 2.22. The summed E-state index contributed by atoms with van der Waals surface area (Å²) in [7, 11) is 1.33. The molecule has 158 valence electrons. The van der Waals surface area contributed by atoms with E-state index in [2.05, 4.69) is 15.0 Å². The van der Waals surface area contributed by atoms with Crippen LogP contribution in [0.2, 0.25) is 0 Å². The van der Waals surface area contributed by atoms with Crippen molar-refractivity contribution in [1.82, 2.24) is 20.0 Å². The summed E-state index contributed by atoms with van der Waals surface area (Å²) in [6.45, 7) is 6.99. The van der Waals surface area contributed by atoms with Crippen LogP contribution >= 0.6 is 0 Å². The predicted octanol–water partition coefficient (Wildman–Crippen LogP) is 0.0744. The Morgan fingerprint density at radius 2 is 1.50 bits per heavy atom. The Morgan fingerprint density at radius 1 is 0.857 bits per heavy atom. The van der Waals surface area contributed by atoms with Gasteiger partial charge in [0.1, 0.15) is 0 Å². The molecule has 8 nitrogen and oxygen atoms in total. The average molecular weight is 395 g/mol. The second-order valence-corrected chi connectivity index (χ2v) is 8.07. The first-order chi connectivity index (χ1) is 13.6. The minimum Gasteiger partial charge on any atom is -0.469 e. The van der Waals surface area contributed by atoms with Gasteiger partial charge < -0.3 is 19.9 Å². The van der Waals surface area contributed by atoms with Crippen LogP contribution < -0.4 is 5.32 Å². The molecular weight excluding hydrogens is 360 g/mol. The molecule has 0 aromatic rings. The first-order valence-corrected chi connectivity index (χ1v) is 10.7. The van der Waals surface area contributed by atoms with Crippen LogP contribution in [0.1, 0.15) is 38.5 Å². The second-order valence-electron chi connectivity index (χ2n) is 8.07. The van der Waals surface area contributed by atoms with E-state index in [1.165, 1.54) is 20.0 Å². The number of likely N-dealkylation sites (tertiary alicyclic amines) is 1. The van der Waals surface area contributed by atoms with Gasteiger partial charge in [-0.25, -0.2) is 0 Å². The maximum absolute atomic E-state index is 12.9. The fourth-order valence-electron chi connectivity index (χ4n) is 4.58. The number of nitrogens with zero attached hydrogens (tertiary/aromatic N) is 3. The van der Waals surface area contributed by atoms with Crippen molar-refractivity contribution in [2.24, 2.45) is 5.92 Å². The van der Waals surface area contributed by atoms with E-state index in [1.807, 2.05) is 4.90 Å². The molecule has 0 spiro atoms. The molecule has 3 heterocycles. The van der Waals surface area contributed by atoms with E-state index in [9.17, 15) is 14.4 Å². The van der Waals surface area contributed by atoms with Crippen molar-refractivity contribution < 1.29 is 19.1 Å². The summed E-state index contributed by atoms with van der Waals surface area (Å²) in [4.78, 5) is 42.6. The van der Waals surface area contributed by atoms with Gasteiger partial charge in [0, 0.05) is 57.6 Å². The number of rotatable bonds is 5. The lowest BCUT2D eigenvalue weighted by molar-refractivity contribution is -0.145. The molecule has 28 heavy (non-hydrogen) atoms. The fourth-order valence-corrected chi connectivity index (χ4v) is 4.58. The maximum atomic E-state index is 12.9. The number of piperidine rings is 2. The highest BCUT2D eigenvalue weighted by Gasteiger charge is 2.33. The summed E-state index contributed by atoms with van der Waals surface area (Å²) in [6.07, 6.45) is 4.15. The van der Waals surface area contributed by atoms with Crippen molar-refractivity contribution >= 4 is 17.8 Å². The molecule has 3 aliphatic heterocycles. The van der Waals surface area contributed by atoms with Gasteiger partial charge >= 0.3 is 5.97 Å². The van der Waals surface area contributed by atoms with Crippen LogP contribution in [0.5, 0.6) is 0 Å². The molecule has 0 atom stereocenters. The molecule has 3 fully saturated rings. The van der Waals surface area contributed by atoms with Gasteiger partial charge in [-0.2, -0.15) is 0 Å². The Balaban J connectivity index is 1.38. The number of amides is 2. The Morgan fingerprint density at radius 3 is 2.11 bits per heavy atom. The zero-order valence-corrected chi connectivity index (χ0v) is 17.0. The van der Waals surface area contributed by atoms with Crippen molar-refractivity contribution in [3.05, 3.63) is 0 Å². The lowest BCUT2D eigenvalue weighted by atomic mass is 9.94. The van der Waals surface area contributed by atoms with Crippen molar-refractivity contribution in [1.29, 1.82) is 0 Å². The van der Waals surface area contributed by atoms with Crippen molar-refractivity contribution in [2.45, 2.75) is 44.6 Å². The highest BCUT2D eigenvalue weighted by molar-refractivity contribution is 5.82. The van der Waals surface area contributed by atoms with E-state index in [1.54, 1.807) is 4.90 Å². The van der Waals surface area contributed by atoms with E-state index in [0.717, 1.165) is 52.1 Å². The van der Waals surface area contributed by atoms with Crippen molar-refractivity contribution in [2.75, 3.05) is 59.5 Å². The Kier molecular flexibility index (Phi) is 7.67. The summed E-state index contributed by atoms with van der Waals surface area (Å²) in [5, 5.41) is 3.41. The van der Waals surface area contributed by atoms with E-state index < -0.39 is 0 Å². The SMILES string of the molecule is COC(=O)CCC(=O)N1CCC(C(=O)N2CCN(C3CCNCC3)CC2)CC1. The van der Waals surface area contributed by atoms with Crippen molar-refractivity contribution in [3.8, 4) is 0 Å². The van der Waals surface area contributed by atoms with E-state index in [-0.39, 0.29) is 36.5 Å². The Bertz CT molecular complexity index is 548. The Labute approximate surface area is 167 Å². The third kappa shape index (κ3) is 5.44. The van der Waals surface area contributed by atoms with Crippen LogP contribution in [-0.4, -0.2) is 98.0 Å². The first-order valence-electron chi connectivity index (χ1n) is 10.7. The lowest BCUT2D eigenvalue weighted by Crippen LogP contribution is -2.55. The van der Waals surface area contributed by atoms with Gasteiger partial charge in [-0.15, -0.1) is 0 Å². The third-order valence-corrected chi connectivity index (χ3v) is 6.42. The van der Waals surface area contributed by atoms with Gasteiger partial charge in [0.15, 0.2) is 0 Å². The molecule has 1 N–H and O–H groups in total. The third-order valence-electron chi connectivity index (χ3n) is 6.42. The lowest BCUT2D eigenvalue weighted by Gasteiger charge is -2.42. The number of nitrogens with one attached hydrogen (secondary N) is 1. The monoisotopic (exact) mass is 394 g/mol. The van der Waals surface area contributed by atoms with Gasteiger partial charge in [-0.3, -0.25) is 19.3 Å². The fraction of sp³-hybridized carbons (Fsp3) is 0.850. The number of carbonyl (C=O) groups excluding carboxylic acids is 3. The van der Waals surface area contributed by atoms with Gasteiger partial charge in [-0.05, 0) is 38.8 Å². The molecule has 0 saturated carbocycles. The van der Waals surface area contributed by atoms with Crippen molar-refractivity contribution in [3.63, 3.8) is 0 Å². The van der Waals surface area contributed by atoms with E-state index in [0.29, 0.717) is 19.1 Å².